The molecule has 0 spiro atoms. The SMILES string of the molecule is CNc1c(OC)cc(C(=O)N2C(NC(=O)OC(C)(C)C)CCC[C@@H]2C)cc1[N+](=O)[O-]. The molecular weight excluding hydrogens is 392 g/mol. The molecule has 1 fully saturated rings. The van der Waals surface area contributed by atoms with E-state index in [-0.39, 0.29) is 28.7 Å². The van der Waals surface area contributed by atoms with Crippen molar-refractivity contribution in [2.75, 3.05) is 19.5 Å². The van der Waals surface area contributed by atoms with Crippen molar-refractivity contribution in [1.82, 2.24) is 10.2 Å². The third kappa shape index (κ3) is 5.31. The van der Waals surface area contributed by atoms with Crippen LogP contribution < -0.4 is 15.4 Å². The highest BCUT2D eigenvalue weighted by Gasteiger charge is 2.35. The molecule has 1 aliphatic heterocycles. The molecule has 1 aromatic rings. The van der Waals surface area contributed by atoms with Crippen LogP contribution in [-0.2, 0) is 4.74 Å². The second-order valence-electron chi connectivity index (χ2n) is 8.23. The number of alkyl carbamates (subject to hydrolysis) is 1. The van der Waals surface area contributed by atoms with Crippen LogP contribution in [0.25, 0.3) is 0 Å². The first-order valence-electron chi connectivity index (χ1n) is 9.84. The summed E-state index contributed by atoms with van der Waals surface area (Å²) in [6, 6.07) is 2.52. The summed E-state index contributed by atoms with van der Waals surface area (Å²) < 4.78 is 10.6. The molecule has 30 heavy (non-hydrogen) atoms. The van der Waals surface area contributed by atoms with Gasteiger partial charge in [-0.1, -0.05) is 0 Å². The maximum absolute atomic E-state index is 13.4. The number of carbonyl (C=O) groups excluding carboxylic acids is 2. The van der Waals surface area contributed by atoms with E-state index in [4.69, 9.17) is 9.47 Å². The van der Waals surface area contributed by atoms with Crippen LogP contribution >= 0.6 is 0 Å². The number of nitrogens with zero attached hydrogens (tertiary/aromatic N) is 2. The quantitative estimate of drug-likeness (QED) is 0.550. The molecule has 10 heteroatoms. The Bertz CT molecular complexity index is 820. The lowest BCUT2D eigenvalue weighted by Crippen LogP contribution is -2.57. The smallest absolute Gasteiger partial charge is 0.409 e. The van der Waals surface area contributed by atoms with E-state index in [1.165, 1.54) is 19.2 Å². The van der Waals surface area contributed by atoms with Crippen molar-refractivity contribution in [2.24, 2.45) is 0 Å². The van der Waals surface area contributed by atoms with E-state index >= 15 is 0 Å². The number of amides is 2. The molecule has 1 saturated heterocycles. The van der Waals surface area contributed by atoms with Crippen molar-refractivity contribution >= 4 is 23.4 Å². The summed E-state index contributed by atoms with van der Waals surface area (Å²) in [6.45, 7) is 7.16. The molecule has 0 radical (unpaired) electrons. The number of nitro benzene ring substituents is 1. The van der Waals surface area contributed by atoms with Crippen LogP contribution in [0.5, 0.6) is 5.75 Å². The van der Waals surface area contributed by atoms with Gasteiger partial charge in [0.1, 0.15) is 17.5 Å². The number of likely N-dealkylation sites (tertiary alicyclic amines) is 1. The first-order chi connectivity index (χ1) is 14.0. The molecule has 166 valence electrons. The highest BCUT2D eigenvalue weighted by Crippen LogP contribution is 2.36. The zero-order valence-corrected chi connectivity index (χ0v) is 18.3. The summed E-state index contributed by atoms with van der Waals surface area (Å²) in [4.78, 5) is 38.1. The maximum atomic E-state index is 13.4. The number of hydrogen-bond acceptors (Lipinski definition) is 7. The minimum absolute atomic E-state index is 0.113. The molecule has 1 heterocycles. The largest absolute Gasteiger partial charge is 0.494 e. The minimum atomic E-state index is -0.670. The van der Waals surface area contributed by atoms with Gasteiger partial charge in [0.05, 0.1) is 17.6 Å². The van der Waals surface area contributed by atoms with Crippen molar-refractivity contribution in [1.29, 1.82) is 0 Å². The van der Waals surface area contributed by atoms with Crippen molar-refractivity contribution in [3.63, 3.8) is 0 Å². The molecule has 2 N–H and O–H groups in total. The lowest BCUT2D eigenvalue weighted by Gasteiger charge is -2.41. The van der Waals surface area contributed by atoms with Gasteiger partial charge in [0.2, 0.25) is 0 Å². The average molecular weight is 422 g/mol. The number of nitrogens with one attached hydrogen (secondary N) is 2. The fraction of sp³-hybridized carbons (Fsp3) is 0.600. The predicted molar refractivity (Wildman–Crippen MR) is 112 cm³/mol. The summed E-state index contributed by atoms with van der Waals surface area (Å²) in [5.74, 6) is -0.233. The van der Waals surface area contributed by atoms with Crippen molar-refractivity contribution in [2.45, 2.75) is 64.8 Å². The standard InChI is InChI=1S/C20H30N4O6/c1-12-8-7-9-16(22-19(26)30-20(2,3)4)23(12)18(25)13-10-14(24(27)28)17(21-5)15(11-13)29-6/h10-12,16,21H,7-9H2,1-6H3,(H,22,26)/t12-,16?/m0/s1. The molecule has 0 aliphatic carbocycles. The van der Waals surface area contributed by atoms with Crippen LogP contribution in [0.2, 0.25) is 0 Å². The molecule has 1 aliphatic rings. The maximum Gasteiger partial charge on any atom is 0.409 e. The van der Waals surface area contributed by atoms with Gasteiger partial charge in [-0.05, 0) is 53.0 Å². The first-order valence-corrected chi connectivity index (χ1v) is 9.84. The van der Waals surface area contributed by atoms with Crippen molar-refractivity contribution < 1.29 is 24.0 Å². The van der Waals surface area contributed by atoms with Gasteiger partial charge in [0, 0.05) is 19.2 Å². The number of rotatable bonds is 5. The minimum Gasteiger partial charge on any atom is -0.494 e. The lowest BCUT2D eigenvalue weighted by atomic mass is 9.99. The van der Waals surface area contributed by atoms with Crippen LogP contribution in [0.15, 0.2) is 12.1 Å². The molecular formula is C20H30N4O6. The van der Waals surface area contributed by atoms with Gasteiger partial charge in [0.15, 0.2) is 5.69 Å². The number of carbonyl (C=O) groups is 2. The van der Waals surface area contributed by atoms with Gasteiger partial charge in [-0.2, -0.15) is 0 Å². The van der Waals surface area contributed by atoms with Gasteiger partial charge in [-0.15, -0.1) is 0 Å². The zero-order valence-electron chi connectivity index (χ0n) is 18.3. The normalized spacial score (nSPS) is 19.1. The molecule has 10 nitrogen and oxygen atoms in total. The van der Waals surface area contributed by atoms with E-state index in [2.05, 4.69) is 10.6 Å². The highest BCUT2D eigenvalue weighted by atomic mass is 16.6. The van der Waals surface area contributed by atoms with E-state index in [0.29, 0.717) is 6.42 Å². The summed E-state index contributed by atoms with van der Waals surface area (Å²) in [5.41, 5.74) is -0.631. The Morgan fingerprint density at radius 2 is 1.93 bits per heavy atom. The summed E-state index contributed by atoms with van der Waals surface area (Å²) in [6.07, 6.45) is 0.946. The van der Waals surface area contributed by atoms with E-state index in [1.54, 1.807) is 32.7 Å². The second kappa shape index (κ2) is 9.19. The van der Waals surface area contributed by atoms with E-state index < -0.39 is 28.7 Å². The van der Waals surface area contributed by atoms with E-state index in [1.807, 2.05) is 6.92 Å². The van der Waals surface area contributed by atoms with Crippen molar-refractivity contribution in [3.05, 3.63) is 27.8 Å². The molecule has 2 atom stereocenters. The Labute approximate surface area is 176 Å². The first kappa shape index (κ1) is 23.2. The number of anilines is 1. The Morgan fingerprint density at radius 3 is 2.47 bits per heavy atom. The van der Waals surface area contributed by atoms with Crippen LogP contribution in [0, 0.1) is 10.1 Å². The lowest BCUT2D eigenvalue weighted by molar-refractivity contribution is -0.384. The molecule has 2 rings (SSSR count). The van der Waals surface area contributed by atoms with Gasteiger partial charge < -0.3 is 25.0 Å². The summed E-state index contributed by atoms with van der Waals surface area (Å²) in [5, 5.41) is 17.0. The van der Waals surface area contributed by atoms with Gasteiger partial charge in [0.25, 0.3) is 11.6 Å². The highest BCUT2D eigenvalue weighted by molar-refractivity contribution is 5.97. The van der Waals surface area contributed by atoms with Gasteiger partial charge >= 0.3 is 6.09 Å². The number of hydrogen-bond donors (Lipinski definition) is 2. The number of ether oxygens (including phenoxy) is 2. The fourth-order valence-electron chi connectivity index (χ4n) is 3.55. The van der Waals surface area contributed by atoms with E-state index in [0.717, 1.165) is 12.8 Å². The number of benzene rings is 1. The van der Waals surface area contributed by atoms with Gasteiger partial charge in [-0.3, -0.25) is 14.9 Å². The van der Waals surface area contributed by atoms with Crippen LogP contribution in [0.3, 0.4) is 0 Å². The average Bonchev–Trinajstić information content (AvgIpc) is 2.64. The number of methoxy groups -OCH3 is 1. The predicted octanol–water partition coefficient (Wildman–Crippen LogP) is 3.51. The number of piperidine rings is 1. The Morgan fingerprint density at radius 1 is 1.27 bits per heavy atom. The van der Waals surface area contributed by atoms with Crippen LogP contribution in [0.1, 0.15) is 57.3 Å². The third-order valence-electron chi connectivity index (χ3n) is 4.82. The van der Waals surface area contributed by atoms with Crippen LogP contribution in [-0.4, -0.2) is 53.8 Å². The Balaban J connectivity index is 2.39. The van der Waals surface area contributed by atoms with E-state index in [9.17, 15) is 19.7 Å². The molecule has 1 unspecified atom stereocenters. The fourth-order valence-corrected chi connectivity index (χ4v) is 3.55. The van der Waals surface area contributed by atoms with Crippen molar-refractivity contribution in [3.8, 4) is 5.75 Å². The molecule has 2 amide bonds. The third-order valence-corrected chi connectivity index (χ3v) is 4.82. The molecule has 0 saturated carbocycles. The summed E-state index contributed by atoms with van der Waals surface area (Å²) in [7, 11) is 2.92. The molecule has 1 aromatic carbocycles. The Hall–Kier alpha value is -3.04. The Kier molecular flexibility index (Phi) is 7.12. The molecule has 0 aromatic heterocycles. The second-order valence-corrected chi connectivity index (χ2v) is 8.23. The summed E-state index contributed by atoms with van der Waals surface area (Å²) >= 11 is 0. The number of nitro groups is 1. The van der Waals surface area contributed by atoms with Crippen LogP contribution in [0.4, 0.5) is 16.2 Å². The monoisotopic (exact) mass is 422 g/mol. The van der Waals surface area contributed by atoms with Gasteiger partial charge in [-0.25, -0.2) is 4.79 Å². The molecule has 0 bridgehead atoms. The zero-order chi connectivity index (χ0) is 22.6. The topological polar surface area (TPSA) is 123 Å².